The van der Waals surface area contributed by atoms with Crippen LogP contribution in [-0.4, -0.2) is 20.9 Å². The van der Waals surface area contributed by atoms with Crippen LogP contribution in [0.5, 0.6) is 0 Å². The molecule has 19 heavy (non-hydrogen) atoms. The first-order valence-corrected chi connectivity index (χ1v) is 6.53. The van der Waals surface area contributed by atoms with E-state index in [0.717, 1.165) is 30.4 Å². The van der Waals surface area contributed by atoms with Crippen molar-refractivity contribution in [3.05, 3.63) is 29.9 Å². The average molecular weight is 257 g/mol. The molecule has 1 aliphatic rings. The summed E-state index contributed by atoms with van der Waals surface area (Å²) in [4.78, 5) is 20.3. The Kier molecular flexibility index (Phi) is 3.11. The highest BCUT2D eigenvalue weighted by molar-refractivity contribution is 5.85. The van der Waals surface area contributed by atoms with Crippen molar-refractivity contribution in [2.24, 2.45) is 0 Å². The van der Waals surface area contributed by atoms with Crippen LogP contribution in [0.2, 0.25) is 0 Å². The molecule has 5 heteroatoms. The summed E-state index contributed by atoms with van der Waals surface area (Å²) in [5, 5.41) is 3.98. The third-order valence-corrected chi connectivity index (χ3v) is 3.57. The fourth-order valence-corrected chi connectivity index (χ4v) is 2.43. The van der Waals surface area contributed by atoms with E-state index in [1.165, 1.54) is 0 Å². The van der Waals surface area contributed by atoms with Crippen molar-refractivity contribution in [3.8, 4) is 11.4 Å². The quantitative estimate of drug-likeness (QED) is 0.827. The van der Waals surface area contributed by atoms with Gasteiger partial charge in [-0.1, -0.05) is 11.6 Å². The summed E-state index contributed by atoms with van der Waals surface area (Å²) in [6.07, 6.45) is 6.88. The van der Waals surface area contributed by atoms with Gasteiger partial charge in [-0.25, -0.2) is 0 Å². The van der Waals surface area contributed by atoms with Gasteiger partial charge in [0.2, 0.25) is 11.7 Å². The molecule has 1 unspecified atom stereocenters. The number of nitrogens with zero attached hydrogens (tertiary/aromatic N) is 3. The van der Waals surface area contributed by atoms with Crippen molar-refractivity contribution in [3.63, 3.8) is 0 Å². The fourth-order valence-electron chi connectivity index (χ4n) is 2.43. The van der Waals surface area contributed by atoms with Gasteiger partial charge >= 0.3 is 0 Å². The van der Waals surface area contributed by atoms with E-state index in [1.807, 2.05) is 13.0 Å². The SMILES string of the molecule is Cc1ccncc1-c1noc(C2CCCCC2=O)n1. The molecule has 0 saturated heterocycles. The Hall–Kier alpha value is -2.04. The first kappa shape index (κ1) is 12.0. The second-order valence-electron chi connectivity index (χ2n) is 4.91. The van der Waals surface area contributed by atoms with Crippen molar-refractivity contribution in [2.75, 3.05) is 0 Å². The molecule has 5 nitrogen and oxygen atoms in total. The van der Waals surface area contributed by atoms with Crippen LogP contribution in [0.25, 0.3) is 11.4 Å². The summed E-state index contributed by atoms with van der Waals surface area (Å²) < 4.78 is 5.27. The van der Waals surface area contributed by atoms with Crippen LogP contribution in [0.15, 0.2) is 23.0 Å². The molecule has 0 amide bonds. The number of hydrogen-bond acceptors (Lipinski definition) is 5. The molecule has 0 aliphatic heterocycles. The topological polar surface area (TPSA) is 68.9 Å². The lowest BCUT2D eigenvalue weighted by Gasteiger charge is -2.16. The van der Waals surface area contributed by atoms with Gasteiger partial charge in [0.1, 0.15) is 5.78 Å². The van der Waals surface area contributed by atoms with Gasteiger partial charge in [0.25, 0.3) is 0 Å². The summed E-state index contributed by atoms with van der Waals surface area (Å²) in [7, 11) is 0. The Morgan fingerprint density at radius 1 is 1.37 bits per heavy atom. The Balaban J connectivity index is 1.91. The highest BCUT2D eigenvalue weighted by Gasteiger charge is 2.29. The molecule has 2 aromatic rings. The molecule has 1 saturated carbocycles. The minimum absolute atomic E-state index is 0.212. The van der Waals surface area contributed by atoms with Gasteiger partial charge in [0.05, 0.1) is 5.92 Å². The third kappa shape index (κ3) is 2.28. The summed E-state index contributed by atoms with van der Waals surface area (Å²) in [5.41, 5.74) is 1.89. The minimum atomic E-state index is -0.216. The number of Topliss-reactive ketones (excluding diaryl/α,β-unsaturated/α-hetero) is 1. The second-order valence-corrected chi connectivity index (χ2v) is 4.91. The number of hydrogen-bond donors (Lipinski definition) is 0. The molecular formula is C14H15N3O2. The summed E-state index contributed by atoms with van der Waals surface area (Å²) in [5.74, 6) is 0.957. The molecule has 1 fully saturated rings. The Morgan fingerprint density at radius 2 is 2.26 bits per heavy atom. The lowest BCUT2D eigenvalue weighted by molar-refractivity contribution is -0.122. The van der Waals surface area contributed by atoms with Crippen LogP contribution in [0, 0.1) is 6.92 Å². The predicted molar refractivity (Wildman–Crippen MR) is 68.5 cm³/mol. The molecule has 0 radical (unpaired) electrons. The van der Waals surface area contributed by atoms with Gasteiger partial charge < -0.3 is 4.52 Å². The van der Waals surface area contributed by atoms with Crippen molar-refractivity contribution in [1.82, 2.24) is 15.1 Å². The molecule has 2 heterocycles. The van der Waals surface area contributed by atoms with Crippen LogP contribution in [-0.2, 0) is 4.79 Å². The van der Waals surface area contributed by atoms with Crippen LogP contribution >= 0.6 is 0 Å². The van der Waals surface area contributed by atoms with Crippen LogP contribution in [0.4, 0.5) is 0 Å². The van der Waals surface area contributed by atoms with E-state index in [0.29, 0.717) is 18.1 Å². The number of carbonyl (C=O) groups is 1. The molecule has 0 N–H and O–H groups in total. The molecule has 0 bridgehead atoms. The maximum absolute atomic E-state index is 11.9. The van der Waals surface area contributed by atoms with Crippen LogP contribution in [0.1, 0.15) is 43.1 Å². The Morgan fingerprint density at radius 3 is 3.05 bits per heavy atom. The largest absolute Gasteiger partial charge is 0.338 e. The highest BCUT2D eigenvalue weighted by Crippen LogP contribution is 2.30. The molecule has 1 aliphatic carbocycles. The van der Waals surface area contributed by atoms with Crippen LogP contribution in [0.3, 0.4) is 0 Å². The maximum atomic E-state index is 11.9. The van der Waals surface area contributed by atoms with Gasteiger partial charge in [-0.2, -0.15) is 4.98 Å². The van der Waals surface area contributed by atoms with E-state index in [1.54, 1.807) is 12.4 Å². The zero-order chi connectivity index (χ0) is 13.2. The average Bonchev–Trinajstić information content (AvgIpc) is 2.89. The Labute approximate surface area is 111 Å². The van der Waals surface area contributed by atoms with Gasteiger partial charge in [0.15, 0.2) is 0 Å². The highest BCUT2D eigenvalue weighted by atomic mass is 16.5. The number of pyridine rings is 1. The first-order valence-electron chi connectivity index (χ1n) is 6.53. The maximum Gasteiger partial charge on any atom is 0.237 e. The number of carbonyl (C=O) groups excluding carboxylic acids is 1. The number of aromatic nitrogens is 3. The summed E-state index contributed by atoms with van der Waals surface area (Å²) in [6, 6.07) is 1.90. The van der Waals surface area contributed by atoms with Gasteiger partial charge in [-0.3, -0.25) is 9.78 Å². The van der Waals surface area contributed by atoms with Gasteiger partial charge in [0, 0.05) is 24.4 Å². The van der Waals surface area contributed by atoms with Crippen molar-refractivity contribution in [2.45, 2.75) is 38.5 Å². The summed E-state index contributed by atoms with van der Waals surface area (Å²) >= 11 is 0. The predicted octanol–water partition coefficient (Wildman–Crippen LogP) is 2.67. The van der Waals surface area contributed by atoms with E-state index in [9.17, 15) is 4.79 Å². The second kappa shape index (κ2) is 4.91. The number of ketones is 1. The van der Waals surface area contributed by atoms with E-state index < -0.39 is 0 Å². The molecular weight excluding hydrogens is 242 g/mol. The number of rotatable bonds is 2. The molecule has 0 aromatic carbocycles. The summed E-state index contributed by atoms with van der Waals surface area (Å²) in [6.45, 7) is 1.97. The first-order chi connectivity index (χ1) is 9.25. The third-order valence-electron chi connectivity index (χ3n) is 3.57. The minimum Gasteiger partial charge on any atom is -0.338 e. The zero-order valence-corrected chi connectivity index (χ0v) is 10.8. The molecule has 1 atom stereocenters. The van der Waals surface area contributed by atoms with E-state index in [2.05, 4.69) is 15.1 Å². The van der Waals surface area contributed by atoms with Crippen molar-refractivity contribution >= 4 is 5.78 Å². The number of aryl methyl sites for hydroxylation is 1. The lowest BCUT2D eigenvalue weighted by Crippen LogP contribution is -2.17. The van der Waals surface area contributed by atoms with E-state index >= 15 is 0 Å². The Bertz CT molecular complexity index is 606. The van der Waals surface area contributed by atoms with E-state index in [4.69, 9.17) is 4.52 Å². The zero-order valence-electron chi connectivity index (χ0n) is 10.8. The van der Waals surface area contributed by atoms with Gasteiger partial charge in [-0.15, -0.1) is 0 Å². The van der Waals surface area contributed by atoms with Crippen molar-refractivity contribution in [1.29, 1.82) is 0 Å². The monoisotopic (exact) mass is 257 g/mol. The lowest BCUT2D eigenvalue weighted by atomic mass is 9.88. The van der Waals surface area contributed by atoms with Crippen molar-refractivity contribution < 1.29 is 9.32 Å². The molecule has 3 rings (SSSR count). The molecule has 2 aromatic heterocycles. The van der Waals surface area contributed by atoms with Gasteiger partial charge in [-0.05, 0) is 31.4 Å². The fraction of sp³-hybridized carbons (Fsp3) is 0.429. The van der Waals surface area contributed by atoms with Crippen LogP contribution < -0.4 is 0 Å². The van der Waals surface area contributed by atoms with E-state index in [-0.39, 0.29) is 11.7 Å². The normalized spacial score (nSPS) is 19.6. The standard InChI is InChI=1S/C14H15N3O2/c1-9-6-7-15-8-11(9)13-16-14(19-17-13)10-4-2-3-5-12(10)18/h6-8,10H,2-5H2,1H3. The smallest absolute Gasteiger partial charge is 0.237 e. The molecule has 0 spiro atoms. The molecule has 98 valence electrons.